The van der Waals surface area contributed by atoms with E-state index in [0.29, 0.717) is 5.92 Å². The van der Waals surface area contributed by atoms with Crippen LogP contribution < -0.4 is 15.6 Å². The Balaban J connectivity index is 2.14. The van der Waals surface area contributed by atoms with E-state index >= 15 is 0 Å². The lowest BCUT2D eigenvalue weighted by Crippen LogP contribution is -2.70. The number of aryl methyl sites for hydroxylation is 6. The van der Waals surface area contributed by atoms with E-state index in [4.69, 9.17) is 0 Å². The van der Waals surface area contributed by atoms with Gasteiger partial charge in [0.05, 0.1) is 0 Å². The van der Waals surface area contributed by atoms with Crippen molar-refractivity contribution in [3.8, 4) is 0 Å². The van der Waals surface area contributed by atoms with Gasteiger partial charge in [0.1, 0.15) is 0 Å². The summed E-state index contributed by atoms with van der Waals surface area (Å²) in [7, 11) is -2.85. The summed E-state index contributed by atoms with van der Waals surface area (Å²) >= 11 is 0. The Hall–Kier alpha value is -2.64. The molecule has 3 aromatic rings. The number of allylic oxidation sites excluding steroid dienone is 4. The first-order chi connectivity index (χ1) is 31.4. The van der Waals surface area contributed by atoms with Gasteiger partial charge < -0.3 is 0 Å². The topological polar surface area (TPSA) is 0 Å². The molecule has 0 heterocycles. The third-order valence-electron chi connectivity index (χ3n) is 14.8. The average molecular weight is 885 g/mol. The Morgan fingerprint density at radius 2 is 0.594 bits per heavy atom. The largest absolute Gasteiger partial charge is 0.162 e. The van der Waals surface area contributed by atoms with Gasteiger partial charge in [0.25, 0.3) is 0 Å². The van der Waals surface area contributed by atoms with E-state index in [0.717, 1.165) is 0 Å². The second kappa shape index (κ2) is 31.4. The minimum Gasteiger partial charge on any atom is -0.0750 e. The van der Waals surface area contributed by atoms with Crippen LogP contribution in [0.3, 0.4) is 0 Å². The molecule has 1 heteroatoms. The van der Waals surface area contributed by atoms with Gasteiger partial charge in [0, 0.05) is 5.54 Å². The predicted octanol–water partition coefficient (Wildman–Crippen LogP) is 17.5. The fraction of sp³-hybridized carbons (Fsp3) is 0.635. The second-order valence-electron chi connectivity index (χ2n) is 20.5. The highest BCUT2D eigenvalue weighted by atomic mass is 28.3. The van der Waals surface area contributed by atoms with Gasteiger partial charge in [-0.3, -0.25) is 0 Å². The summed E-state index contributed by atoms with van der Waals surface area (Å²) in [5, 5.41) is 4.98. The molecular formula is C63H99Si. The molecule has 1 radical (unpaired) electrons. The van der Waals surface area contributed by atoms with Crippen LogP contribution in [-0.4, -0.2) is 8.07 Å². The summed E-state index contributed by atoms with van der Waals surface area (Å²) in [4.78, 5) is 0. The van der Waals surface area contributed by atoms with E-state index in [1.807, 2.05) is 0 Å². The maximum absolute atomic E-state index is 2.85. The SMILES string of the molecule is CCCCCCc1cc(CCCCCC)cc([Si]([C]2C=CC(C(C)CC)=C2)(c2cc(CCCCCC)cc(CCCCCC)c2)c2cc(CCCCCC)cc(CCCCCC)c2)c1. The van der Waals surface area contributed by atoms with Gasteiger partial charge in [-0.15, -0.1) is 0 Å². The molecule has 0 nitrogen and oxygen atoms in total. The van der Waals surface area contributed by atoms with Gasteiger partial charge in [-0.2, -0.15) is 0 Å². The predicted molar refractivity (Wildman–Crippen MR) is 291 cm³/mol. The van der Waals surface area contributed by atoms with Crippen LogP contribution in [0, 0.1) is 11.5 Å². The number of unbranched alkanes of at least 4 members (excludes halogenated alkanes) is 18. The van der Waals surface area contributed by atoms with Crippen LogP contribution >= 0.6 is 0 Å². The van der Waals surface area contributed by atoms with Crippen LogP contribution in [-0.2, 0) is 38.5 Å². The lowest BCUT2D eigenvalue weighted by atomic mass is 10.00. The molecule has 355 valence electrons. The van der Waals surface area contributed by atoms with Crippen LogP contribution in [0.25, 0.3) is 0 Å². The summed E-state index contributed by atoms with van der Waals surface area (Å²) in [6.07, 6.45) is 47.8. The van der Waals surface area contributed by atoms with E-state index in [-0.39, 0.29) is 0 Å². The minimum atomic E-state index is -2.85. The molecule has 4 rings (SSSR count). The Bertz CT molecular complexity index is 1510. The van der Waals surface area contributed by atoms with Crippen molar-refractivity contribution in [2.24, 2.45) is 5.92 Å². The van der Waals surface area contributed by atoms with Crippen molar-refractivity contribution in [2.45, 2.75) is 254 Å². The minimum absolute atomic E-state index is 0.553. The van der Waals surface area contributed by atoms with E-state index in [2.05, 4.69) is 128 Å². The van der Waals surface area contributed by atoms with Gasteiger partial charge in [-0.05, 0) is 144 Å². The summed E-state index contributed by atoms with van der Waals surface area (Å²) in [6, 6.07) is 24.7. The van der Waals surface area contributed by atoms with Crippen molar-refractivity contribution in [3.63, 3.8) is 0 Å². The van der Waals surface area contributed by atoms with E-state index in [1.54, 1.807) is 54.5 Å². The zero-order valence-corrected chi connectivity index (χ0v) is 44.4. The van der Waals surface area contributed by atoms with Crippen LogP contribution in [0.5, 0.6) is 0 Å². The van der Waals surface area contributed by atoms with Crippen molar-refractivity contribution in [2.75, 3.05) is 0 Å². The average Bonchev–Trinajstić information content (AvgIpc) is 3.80. The number of hydrogen-bond acceptors (Lipinski definition) is 0. The van der Waals surface area contributed by atoms with Crippen LogP contribution in [0.15, 0.2) is 78.4 Å². The molecule has 0 fully saturated rings. The zero-order valence-electron chi connectivity index (χ0n) is 43.4. The Morgan fingerprint density at radius 1 is 0.328 bits per heavy atom. The van der Waals surface area contributed by atoms with E-state index in [1.165, 1.54) is 205 Å². The summed E-state index contributed by atoms with van der Waals surface area (Å²) < 4.78 is 0. The molecule has 1 atom stereocenters. The molecule has 0 aromatic heterocycles. The second-order valence-corrected chi connectivity index (χ2v) is 24.3. The molecule has 3 aromatic carbocycles. The maximum Gasteiger partial charge on any atom is 0.162 e. The Kier molecular flexibility index (Phi) is 26.4. The summed E-state index contributed by atoms with van der Waals surface area (Å²) in [5.41, 5.74) is 12.7. The number of hydrogen-bond donors (Lipinski definition) is 0. The molecule has 0 saturated heterocycles. The molecular weight excluding hydrogens is 785 g/mol. The van der Waals surface area contributed by atoms with Gasteiger partial charge >= 0.3 is 0 Å². The highest BCUT2D eigenvalue weighted by Gasteiger charge is 2.47. The molecule has 0 N–H and O–H groups in total. The smallest absolute Gasteiger partial charge is 0.0750 e. The highest BCUT2D eigenvalue weighted by Crippen LogP contribution is 2.34. The molecule has 0 bridgehead atoms. The molecule has 0 spiro atoms. The zero-order chi connectivity index (χ0) is 45.8. The standard InChI is InChI=1S/C63H99Si/c1-9-16-22-28-34-53-42-54(35-29-23-17-10-2)46-61(45-53)64(60-41-40-59(51-60)52(8)15-7,62-47-55(36-30-24-18-11-3)43-56(48-62)37-31-25-19-12-4)63-49-57(38-32-26-20-13-5)44-58(50-63)39-33-27-21-14-6/h40-52H,9-39H2,1-8H3. The number of rotatable bonds is 36. The lowest BCUT2D eigenvalue weighted by molar-refractivity contribution is 0.661. The Morgan fingerprint density at radius 3 is 0.828 bits per heavy atom. The van der Waals surface area contributed by atoms with Gasteiger partial charge in [0.2, 0.25) is 0 Å². The molecule has 64 heavy (non-hydrogen) atoms. The fourth-order valence-corrected chi connectivity index (χ4v) is 15.7. The van der Waals surface area contributed by atoms with Crippen molar-refractivity contribution in [1.82, 2.24) is 0 Å². The molecule has 1 unspecified atom stereocenters. The number of benzene rings is 3. The Labute approximate surface area is 399 Å². The normalized spacial score (nSPS) is 13.6. The third-order valence-corrected chi connectivity index (χ3v) is 19.4. The quantitative estimate of drug-likeness (QED) is 0.0310. The monoisotopic (exact) mass is 884 g/mol. The van der Waals surface area contributed by atoms with Gasteiger partial charge in [-0.25, -0.2) is 0 Å². The molecule has 0 aliphatic heterocycles. The third kappa shape index (κ3) is 17.2. The molecule has 1 aliphatic carbocycles. The van der Waals surface area contributed by atoms with Crippen molar-refractivity contribution < 1.29 is 0 Å². The van der Waals surface area contributed by atoms with E-state index < -0.39 is 8.07 Å². The van der Waals surface area contributed by atoms with Crippen molar-refractivity contribution in [1.29, 1.82) is 0 Å². The first-order valence-electron chi connectivity index (χ1n) is 28.0. The van der Waals surface area contributed by atoms with Crippen LogP contribution in [0.1, 0.15) is 249 Å². The van der Waals surface area contributed by atoms with Gasteiger partial charge in [0.15, 0.2) is 8.07 Å². The fourth-order valence-electron chi connectivity index (χ4n) is 10.6. The highest BCUT2D eigenvalue weighted by molar-refractivity contribution is 7.15. The van der Waals surface area contributed by atoms with Crippen LogP contribution in [0.4, 0.5) is 0 Å². The van der Waals surface area contributed by atoms with Crippen molar-refractivity contribution >= 4 is 23.6 Å². The van der Waals surface area contributed by atoms with Gasteiger partial charge in [-0.1, -0.05) is 244 Å². The van der Waals surface area contributed by atoms with E-state index in [9.17, 15) is 0 Å². The summed E-state index contributed by atoms with van der Waals surface area (Å²) in [5.74, 6) is 0.553. The maximum atomic E-state index is 2.79. The van der Waals surface area contributed by atoms with Crippen LogP contribution in [0.2, 0.25) is 0 Å². The lowest BCUT2D eigenvalue weighted by Gasteiger charge is -2.39. The molecule has 1 aliphatic rings. The molecule has 0 amide bonds. The summed E-state index contributed by atoms with van der Waals surface area (Å²) in [6.45, 7) is 19.0. The molecule has 0 saturated carbocycles. The first kappa shape index (κ1) is 54.0. The first-order valence-corrected chi connectivity index (χ1v) is 30.0. The van der Waals surface area contributed by atoms with Crippen molar-refractivity contribution in [3.05, 3.63) is 117 Å².